The van der Waals surface area contributed by atoms with Gasteiger partial charge in [-0.25, -0.2) is 4.79 Å². The van der Waals surface area contributed by atoms with Gasteiger partial charge < -0.3 is 29.6 Å². The van der Waals surface area contributed by atoms with Gasteiger partial charge in [-0.15, -0.1) is 0 Å². The topological polar surface area (TPSA) is 78.1 Å². The Labute approximate surface area is 163 Å². The molecule has 2 aromatic rings. The lowest BCUT2D eigenvalue weighted by molar-refractivity contribution is 0.171. The lowest BCUT2D eigenvalue weighted by atomic mass is 10.2. The molecule has 0 unspecified atom stereocenters. The summed E-state index contributed by atoms with van der Waals surface area (Å²) in [7, 11) is 1.61. The summed E-state index contributed by atoms with van der Waals surface area (Å²) in [5.41, 5.74) is 1.25. The fourth-order valence-corrected chi connectivity index (χ4v) is 3.45. The van der Waals surface area contributed by atoms with E-state index in [1.54, 1.807) is 43.5 Å². The highest BCUT2D eigenvalue weighted by atomic mass is 16.6. The Hall–Kier alpha value is -3.09. The van der Waals surface area contributed by atoms with Crippen molar-refractivity contribution in [3.63, 3.8) is 0 Å². The first kappa shape index (κ1) is 18.3. The minimum atomic E-state index is -0.353. The molecule has 1 aliphatic heterocycles. The van der Waals surface area contributed by atoms with Crippen molar-refractivity contribution in [2.45, 2.75) is 31.8 Å². The molecular formula is C21H24N2O5. The quantitative estimate of drug-likeness (QED) is 0.797. The van der Waals surface area contributed by atoms with Gasteiger partial charge in [0.15, 0.2) is 23.0 Å². The second-order valence-corrected chi connectivity index (χ2v) is 6.83. The van der Waals surface area contributed by atoms with E-state index in [1.807, 2.05) is 0 Å². The fraction of sp³-hybridized carbons (Fsp3) is 0.381. The average Bonchev–Trinajstić information content (AvgIpc) is 3.21. The number of fused-ring (bicyclic) bond motifs is 1. The zero-order chi connectivity index (χ0) is 19.3. The minimum absolute atomic E-state index is 0.204. The van der Waals surface area contributed by atoms with Gasteiger partial charge in [-0.05, 0) is 49.9 Å². The number of benzene rings is 2. The van der Waals surface area contributed by atoms with Crippen molar-refractivity contribution in [1.82, 2.24) is 0 Å². The molecule has 1 fully saturated rings. The van der Waals surface area contributed by atoms with Crippen molar-refractivity contribution >= 4 is 17.4 Å². The van der Waals surface area contributed by atoms with Gasteiger partial charge in [-0.3, -0.25) is 0 Å². The van der Waals surface area contributed by atoms with E-state index in [4.69, 9.17) is 18.9 Å². The van der Waals surface area contributed by atoms with Crippen molar-refractivity contribution in [3.05, 3.63) is 36.4 Å². The van der Waals surface area contributed by atoms with Gasteiger partial charge in [-0.1, -0.05) is 0 Å². The van der Waals surface area contributed by atoms with Gasteiger partial charge in [0.05, 0.1) is 13.2 Å². The third-order valence-corrected chi connectivity index (χ3v) is 4.82. The second kappa shape index (κ2) is 8.29. The summed E-state index contributed by atoms with van der Waals surface area (Å²) in [6.07, 6.45) is 4.67. The van der Waals surface area contributed by atoms with Crippen LogP contribution in [0.5, 0.6) is 23.0 Å². The molecule has 1 heterocycles. The van der Waals surface area contributed by atoms with E-state index in [-0.39, 0.29) is 12.1 Å². The number of rotatable bonds is 5. The van der Waals surface area contributed by atoms with Crippen LogP contribution in [0.1, 0.15) is 25.7 Å². The van der Waals surface area contributed by atoms with E-state index in [0.717, 1.165) is 12.8 Å². The first-order valence-electron chi connectivity index (χ1n) is 9.53. The SMILES string of the molecule is COc1ccc(NC(=O)Nc2ccc3c(c2)OCCO3)cc1OC1CCCC1. The molecule has 2 amide bonds. The molecule has 0 radical (unpaired) electrons. The number of amides is 2. The van der Waals surface area contributed by atoms with Crippen LogP contribution in [0, 0.1) is 0 Å². The van der Waals surface area contributed by atoms with Crippen LogP contribution in [0.4, 0.5) is 16.2 Å². The summed E-state index contributed by atoms with van der Waals surface area (Å²) in [5.74, 6) is 2.61. The number of carbonyl (C=O) groups excluding carboxylic acids is 1. The lowest BCUT2D eigenvalue weighted by Gasteiger charge is -2.19. The van der Waals surface area contributed by atoms with Gasteiger partial charge in [0.2, 0.25) is 0 Å². The Balaban J connectivity index is 1.42. The maximum Gasteiger partial charge on any atom is 0.323 e. The number of hydrogen-bond acceptors (Lipinski definition) is 5. The Bertz CT molecular complexity index is 849. The second-order valence-electron chi connectivity index (χ2n) is 6.83. The molecule has 0 spiro atoms. The molecule has 1 saturated carbocycles. The number of methoxy groups -OCH3 is 1. The molecule has 148 valence electrons. The minimum Gasteiger partial charge on any atom is -0.493 e. The predicted octanol–water partition coefficient (Wildman–Crippen LogP) is 4.43. The number of nitrogens with one attached hydrogen (secondary N) is 2. The summed E-state index contributed by atoms with van der Waals surface area (Å²) in [6, 6.07) is 10.3. The molecule has 0 aromatic heterocycles. The first-order chi connectivity index (χ1) is 13.7. The van der Waals surface area contributed by atoms with Crippen LogP contribution in [-0.4, -0.2) is 32.5 Å². The van der Waals surface area contributed by atoms with Gasteiger partial charge in [0.25, 0.3) is 0 Å². The molecule has 0 saturated heterocycles. The first-order valence-corrected chi connectivity index (χ1v) is 9.53. The predicted molar refractivity (Wildman–Crippen MR) is 106 cm³/mol. The average molecular weight is 384 g/mol. The Morgan fingerprint density at radius 2 is 1.61 bits per heavy atom. The number of urea groups is 1. The monoisotopic (exact) mass is 384 g/mol. The molecule has 0 atom stereocenters. The van der Waals surface area contributed by atoms with Gasteiger partial charge in [0, 0.05) is 23.5 Å². The molecule has 0 bridgehead atoms. The maximum atomic E-state index is 12.4. The summed E-state index contributed by atoms with van der Waals surface area (Å²) in [4.78, 5) is 12.4. The maximum absolute atomic E-state index is 12.4. The third-order valence-electron chi connectivity index (χ3n) is 4.82. The summed E-state index contributed by atoms with van der Waals surface area (Å²) < 4.78 is 22.5. The number of carbonyl (C=O) groups is 1. The molecule has 7 nitrogen and oxygen atoms in total. The normalized spacial score (nSPS) is 15.8. The van der Waals surface area contributed by atoms with Crippen LogP contribution >= 0.6 is 0 Å². The number of anilines is 2. The van der Waals surface area contributed by atoms with Crippen molar-refractivity contribution in [2.24, 2.45) is 0 Å². The summed E-state index contributed by atoms with van der Waals surface area (Å²) >= 11 is 0. The number of ether oxygens (including phenoxy) is 4. The van der Waals surface area contributed by atoms with Gasteiger partial charge >= 0.3 is 6.03 Å². The molecule has 28 heavy (non-hydrogen) atoms. The van der Waals surface area contributed by atoms with E-state index < -0.39 is 0 Å². The molecule has 1 aliphatic carbocycles. The van der Waals surface area contributed by atoms with E-state index in [0.29, 0.717) is 47.6 Å². The zero-order valence-corrected chi connectivity index (χ0v) is 15.8. The highest BCUT2D eigenvalue weighted by Gasteiger charge is 2.19. The standard InChI is InChI=1S/C21H24N2O5/c1-25-17-8-6-15(13-20(17)28-16-4-2-3-5-16)23-21(24)22-14-7-9-18-19(12-14)27-11-10-26-18/h6-9,12-13,16H,2-5,10-11H2,1H3,(H2,22,23,24). The van der Waals surface area contributed by atoms with E-state index in [2.05, 4.69) is 10.6 Å². The summed E-state index contributed by atoms with van der Waals surface area (Å²) in [6.45, 7) is 1.03. The van der Waals surface area contributed by atoms with E-state index in [1.165, 1.54) is 12.8 Å². The number of hydrogen-bond donors (Lipinski definition) is 2. The van der Waals surface area contributed by atoms with Crippen LogP contribution in [0.25, 0.3) is 0 Å². The van der Waals surface area contributed by atoms with Crippen molar-refractivity contribution < 1.29 is 23.7 Å². The Morgan fingerprint density at radius 3 is 2.36 bits per heavy atom. The molecule has 4 rings (SSSR count). The fourth-order valence-electron chi connectivity index (χ4n) is 3.45. The van der Waals surface area contributed by atoms with Crippen LogP contribution in [-0.2, 0) is 0 Å². The lowest BCUT2D eigenvalue weighted by Crippen LogP contribution is -2.20. The highest BCUT2D eigenvalue weighted by molar-refractivity contribution is 6.00. The smallest absolute Gasteiger partial charge is 0.323 e. The summed E-state index contributed by atoms with van der Waals surface area (Å²) in [5, 5.41) is 5.63. The Morgan fingerprint density at radius 1 is 0.929 bits per heavy atom. The molecular weight excluding hydrogens is 360 g/mol. The highest BCUT2D eigenvalue weighted by Crippen LogP contribution is 2.35. The molecule has 2 N–H and O–H groups in total. The van der Waals surface area contributed by atoms with E-state index >= 15 is 0 Å². The Kier molecular flexibility index (Phi) is 5.41. The molecule has 2 aliphatic rings. The van der Waals surface area contributed by atoms with Crippen molar-refractivity contribution in [2.75, 3.05) is 31.0 Å². The molecule has 2 aromatic carbocycles. The van der Waals surface area contributed by atoms with Gasteiger partial charge in [-0.2, -0.15) is 0 Å². The van der Waals surface area contributed by atoms with Crippen molar-refractivity contribution in [3.8, 4) is 23.0 Å². The van der Waals surface area contributed by atoms with Gasteiger partial charge in [0.1, 0.15) is 13.2 Å². The van der Waals surface area contributed by atoms with Crippen molar-refractivity contribution in [1.29, 1.82) is 0 Å². The van der Waals surface area contributed by atoms with Crippen LogP contribution in [0.2, 0.25) is 0 Å². The largest absolute Gasteiger partial charge is 0.493 e. The zero-order valence-electron chi connectivity index (χ0n) is 15.8. The van der Waals surface area contributed by atoms with E-state index in [9.17, 15) is 4.79 Å². The molecule has 7 heteroatoms. The van der Waals surface area contributed by atoms with Crippen LogP contribution in [0.15, 0.2) is 36.4 Å². The van der Waals surface area contributed by atoms with Crippen LogP contribution < -0.4 is 29.6 Å². The third kappa shape index (κ3) is 4.24. The van der Waals surface area contributed by atoms with Crippen LogP contribution in [0.3, 0.4) is 0 Å².